The zero-order chi connectivity index (χ0) is 9.23. The van der Waals surface area contributed by atoms with E-state index in [1.165, 1.54) is 0 Å². The molecule has 0 bridgehead atoms. The van der Waals surface area contributed by atoms with Gasteiger partial charge in [0.15, 0.2) is 0 Å². The third-order valence-electron chi connectivity index (χ3n) is 1.40. The first kappa shape index (κ1) is 11.2. The molecule has 0 radical (unpaired) electrons. The fraction of sp³-hybridized carbons (Fsp3) is 0.455. The van der Waals surface area contributed by atoms with Crippen molar-refractivity contribution in [1.29, 1.82) is 0 Å². The quantitative estimate of drug-likeness (QED) is 0.435. The van der Waals surface area contributed by atoms with E-state index in [0.29, 0.717) is 0 Å². The van der Waals surface area contributed by atoms with Crippen LogP contribution in [0.2, 0.25) is 0 Å². The van der Waals surface area contributed by atoms with Crippen LogP contribution in [0.15, 0.2) is 37.0 Å². The van der Waals surface area contributed by atoms with Crippen LogP contribution in [0.4, 0.5) is 0 Å². The third-order valence-corrected chi connectivity index (χ3v) is 1.40. The van der Waals surface area contributed by atoms with Crippen LogP contribution in [0.1, 0.15) is 20.3 Å². The van der Waals surface area contributed by atoms with Crippen molar-refractivity contribution in [2.75, 3.05) is 6.61 Å². The van der Waals surface area contributed by atoms with Crippen molar-refractivity contribution in [3.05, 3.63) is 37.0 Å². The Morgan fingerprint density at radius 3 is 2.25 bits per heavy atom. The standard InChI is InChI=1S/C11H18O/c1-4-7-10-12-11(8-5-2)9-6-3/h4-6,8-9,11H,1,7,10H2,2-3H3/b8-5+,9-6+. The van der Waals surface area contributed by atoms with Crippen molar-refractivity contribution >= 4 is 0 Å². The van der Waals surface area contributed by atoms with Crippen LogP contribution in [0.3, 0.4) is 0 Å². The van der Waals surface area contributed by atoms with Gasteiger partial charge in [-0.2, -0.15) is 0 Å². The van der Waals surface area contributed by atoms with Crippen molar-refractivity contribution in [2.45, 2.75) is 26.4 Å². The molecule has 0 atom stereocenters. The zero-order valence-electron chi connectivity index (χ0n) is 7.99. The van der Waals surface area contributed by atoms with Crippen molar-refractivity contribution in [3.63, 3.8) is 0 Å². The van der Waals surface area contributed by atoms with Crippen molar-refractivity contribution in [2.24, 2.45) is 0 Å². The van der Waals surface area contributed by atoms with Gasteiger partial charge in [-0.25, -0.2) is 0 Å². The SMILES string of the molecule is C=CCCOC(/C=C/C)/C=C/C. The highest BCUT2D eigenvalue weighted by molar-refractivity contribution is 5.00. The summed E-state index contributed by atoms with van der Waals surface area (Å²) in [5.74, 6) is 0. The van der Waals surface area contributed by atoms with E-state index in [4.69, 9.17) is 4.74 Å². The molecule has 0 aliphatic rings. The number of hydrogen-bond donors (Lipinski definition) is 0. The predicted molar refractivity (Wildman–Crippen MR) is 54.2 cm³/mol. The van der Waals surface area contributed by atoms with Crippen molar-refractivity contribution in [3.8, 4) is 0 Å². The smallest absolute Gasteiger partial charge is 0.0937 e. The van der Waals surface area contributed by atoms with Gasteiger partial charge in [0.05, 0.1) is 12.7 Å². The summed E-state index contributed by atoms with van der Waals surface area (Å²) < 4.78 is 5.52. The second-order valence-corrected chi connectivity index (χ2v) is 2.46. The second kappa shape index (κ2) is 8.28. The monoisotopic (exact) mass is 166 g/mol. The number of rotatable bonds is 6. The minimum absolute atomic E-state index is 0.125. The van der Waals surface area contributed by atoms with Gasteiger partial charge < -0.3 is 4.74 Å². The molecule has 1 nitrogen and oxygen atoms in total. The Kier molecular flexibility index (Phi) is 7.71. The van der Waals surface area contributed by atoms with Gasteiger partial charge in [-0.1, -0.05) is 30.4 Å². The van der Waals surface area contributed by atoms with E-state index in [2.05, 4.69) is 6.58 Å². The minimum atomic E-state index is 0.125. The van der Waals surface area contributed by atoms with E-state index in [0.717, 1.165) is 13.0 Å². The average molecular weight is 166 g/mol. The Morgan fingerprint density at radius 1 is 1.25 bits per heavy atom. The van der Waals surface area contributed by atoms with E-state index in [1.54, 1.807) is 0 Å². The highest BCUT2D eigenvalue weighted by Crippen LogP contribution is 1.98. The molecule has 0 heterocycles. The summed E-state index contributed by atoms with van der Waals surface area (Å²) >= 11 is 0. The van der Waals surface area contributed by atoms with E-state index < -0.39 is 0 Å². The van der Waals surface area contributed by atoms with Crippen LogP contribution in [0.5, 0.6) is 0 Å². The Bertz CT molecular complexity index is 144. The number of hydrogen-bond acceptors (Lipinski definition) is 1. The third kappa shape index (κ3) is 5.93. The fourth-order valence-electron chi connectivity index (χ4n) is 0.842. The van der Waals surface area contributed by atoms with Gasteiger partial charge in [0, 0.05) is 0 Å². The largest absolute Gasteiger partial charge is 0.370 e. The Labute approximate surface area is 75.4 Å². The summed E-state index contributed by atoms with van der Waals surface area (Å²) in [4.78, 5) is 0. The molecule has 68 valence electrons. The van der Waals surface area contributed by atoms with Crippen LogP contribution in [0, 0.1) is 0 Å². The lowest BCUT2D eigenvalue weighted by molar-refractivity contribution is 0.119. The van der Waals surface area contributed by atoms with Crippen LogP contribution < -0.4 is 0 Å². The summed E-state index contributed by atoms with van der Waals surface area (Å²) in [6.45, 7) is 8.36. The van der Waals surface area contributed by atoms with Crippen LogP contribution in [0.25, 0.3) is 0 Å². The number of allylic oxidation sites excluding steroid dienone is 2. The fourth-order valence-corrected chi connectivity index (χ4v) is 0.842. The Balaban J connectivity index is 3.70. The molecule has 0 N–H and O–H groups in total. The molecule has 0 aromatic rings. The highest BCUT2D eigenvalue weighted by atomic mass is 16.5. The molecule has 0 aliphatic heterocycles. The molecule has 12 heavy (non-hydrogen) atoms. The van der Waals surface area contributed by atoms with Crippen LogP contribution in [-0.4, -0.2) is 12.7 Å². The molecule has 0 saturated carbocycles. The lowest BCUT2D eigenvalue weighted by Gasteiger charge is -2.07. The van der Waals surface area contributed by atoms with Gasteiger partial charge >= 0.3 is 0 Å². The van der Waals surface area contributed by atoms with Crippen LogP contribution >= 0.6 is 0 Å². The zero-order valence-corrected chi connectivity index (χ0v) is 7.99. The van der Waals surface area contributed by atoms with Gasteiger partial charge in [-0.05, 0) is 20.3 Å². The second-order valence-electron chi connectivity index (χ2n) is 2.46. The first-order valence-electron chi connectivity index (χ1n) is 4.33. The molecular weight excluding hydrogens is 148 g/mol. The summed E-state index contributed by atoms with van der Waals surface area (Å²) in [5.41, 5.74) is 0. The minimum Gasteiger partial charge on any atom is -0.370 e. The van der Waals surface area contributed by atoms with E-state index in [-0.39, 0.29) is 6.10 Å². The Morgan fingerprint density at radius 2 is 1.83 bits per heavy atom. The molecule has 0 amide bonds. The maximum Gasteiger partial charge on any atom is 0.0937 e. The van der Waals surface area contributed by atoms with Crippen molar-refractivity contribution in [1.82, 2.24) is 0 Å². The van der Waals surface area contributed by atoms with Crippen molar-refractivity contribution < 1.29 is 4.74 Å². The van der Waals surface area contributed by atoms with Gasteiger partial charge in [0.25, 0.3) is 0 Å². The summed E-state index contributed by atoms with van der Waals surface area (Å²) in [6.07, 6.45) is 11.0. The molecule has 0 aromatic carbocycles. The topological polar surface area (TPSA) is 9.23 Å². The molecule has 0 rings (SSSR count). The Hall–Kier alpha value is -0.820. The molecule has 0 unspecified atom stereocenters. The highest BCUT2D eigenvalue weighted by Gasteiger charge is 1.96. The van der Waals surface area contributed by atoms with E-state index in [1.807, 2.05) is 44.2 Å². The first-order valence-corrected chi connectivity index (χ1v) is 4.33. The van der Waals surface area contributed by atoms with Gasteiger partial charge in [0.2, 0.25) is 0 Å². The lowest BCUT2D eigenvalue weighted by atomic mass is 10.3. The summed E-state index contributed by atoms with van der Waals surface area (Å²) in [7, 11) is 0. The summed E-state index contributed by atoms with van der Waals surface area (Å²) in [6, 6.07) is 0. The molecule has 0 spiro atoms. The maximum atomic E-state index is 5.52. The summed E-state index contributed by atoms with van der Waals surface area (Å²) in [5, 5.41) is 0. The predicted octanol–water partition coefficient (Wildman–Crippen LogP) is 3.10. The molecule has 1 heteroatoms. The molecule has 0 fully saturated rings. The molecule has 0 aromatic heterocycles. The van der Waals surface area contributed by atoms with E-state index in [9.17, 15) is 0 Å². The molecular formula is C11H18O. The number of ether oxygens (including phenoxy) is 1. The molecule has 0 saturated heterocycles. The maximum absolute atomic E-state index is 5.52. The van der Waals surface area contributed by atoms with Gasteiger partial charge in [-0.15, -0.1) is 6.58 Å². The molecule has 0 aliphatic carbocycles. The van der Waals surface area contributed by atoms with Gasteiger partial charge in [0.1, 0.15) is 0 Å². The van der Waals surface area contributed by atoms with Crippen LogP contribution in [-0.2, 0) is 4.74 Å². The van der Waals surface area contributed by atoms with Gasteiger partial charge in [-0.3, -0.25) is 0 Å². The first-order chi connectivity index (χ1) is 5.85. The average Bonchev–Trinajstić information content (AvgIpc) is 2.06. The van der Waals surface area contributed by atoms with E-state index >= 15 is 0 Å². The lowest BCUT2D eigenvalue weighted by Crippen LogP contribution is -2.06. The normalized spacial score (nSPS) is 11.9.